The van der Waals surface area contributed by atoms with E-state index in [-0.39, 0.29) is 11.9 Å². The molecule has 1 aromatic carbocycles. The first-order valence-electron chi connectivity index (χ1n) is 7.36. The molecule has 1 heterocycles. The Bertz CT molecular complexity index is 599. The van der Waals surface area contributed by atoms with Crippen molar-refractivity contribution in [1.82, 2.24) is 10.3 Å². The molecule has 1 unspecified atom stereocenters. The van der Waals surface area contributed by atoms with Crippen molar-refractivity contribution in [2.45, 2.75) is 38.6 Å². The normalized spacial score (nSPS) is 15.2. The van der Waals surface area contributed by atoms with Crippen LogP contribution >= 0.6 is 22.9 Å². The molecule has 1 aliphatic carbocycles. The minimum atomic E-state index is -0.272. The van der Waals surface area contributed by atoms with Crippen molar-refractivity contribution in [1.29, 1.82) is 0 Å². The van der Waals surface area contributed by atoms with E-state index in [4.69, 9.17) is 16.6 Å². The monoisotopic (exact) mass is 324 g/mol. The summed E-state index contributed by atoms with van der Waals surface area (Å²) in [5, 5.41) is 4.78. The molecule has 1 aromatic heterocycles. The molecule has 0 spiro atoms. The van der Waals surface area contributed by atoms with Gasteiger partial charge in [0.15, 0.2) is 0 Å². The molecule has 0 saturated heterocycles. The van der Waals surface area contributed by atoms with Crippen LogP contribution in [-0.2, 0) is 12.8 Å². The lowest BCUT2D eigenvalue weighted by Crippen LogP contribution is -2.24. The van der Waals surface area contributed by atoms with Crippen molar-refractivity contribution in [2.24, 2.45) is 0 Å². The Morgan fingerprint density at radius 2 is 2.29 bits per heavy atom. The minimum Gasteiger partial charge on any atom is -0.304 e. The maximum Gasteiger partial charge on any atom is 0.129 e. The van der Waals surface area contributed by atoms with Crippen molar-refractivity contribution in [3.8, 4) is 0 Å². The average molecular weight is 325 g/mol. The highest BCUT2D eigenvalue weighted by atomic mass is 35.5. The van der Waals surface area contributed by atoms with Gasteiger partial charge < -0.3 is 5.32 Å². The van der Waals surface area contributed by atoms with Gasteiger partial charge in [-0.15, -0.1) is 11.3 Å². The Balaban J connectivity index is 2.00. The number of nitrogens with one attached hydrogen (secondary N) is 1. The average Bonchev–Trinajstić information content (AvgIpc) is 3.03. The predicted octanol–water partition coefficient (Wildman–Crippen LogP) is 4.51. The largest absolute Gasteiger partial charge is 0.304 e. The molecule has 0 radical (unpaired) electrons. The van der Waals surface area contributed by atoms with Crippen LogP contribution in [0.3, 0.4) is 0 Å². The Labute approximate surface area is 133 Å². The van der Waals surface area contributed by atoms with Gasteiger partial charge >= 0.3 is 0 Å². The Hall–Kier alpha value is -0.970. The van der Waals surface area contributed by atoms with Gasteiger partial charge in [-0.2, -0.15) is 0 Å². The van der Waals surface area contributed by atoms with Crippen molar-refractivity contribution in [2.75, 3.05) is 6.54 Å². The van der Waals surface area contributed by atoms with E-state index in [9.17, 15) is 4.39 Å². The van der Waals surface area contributed by atoms with E-state index < -0.39 is 0 Å². The number of hydrogen-bond acceptors (Lipinski definition) is 3. The van der Waals surface area contributed by atoms with Crippen LogP contribution in [0.2, 0.25) is 5.02 Å². The standard InChI is InChI=1S/C16H18ClFN2S/c1-2-9-19-15(14-10(17)5-3-6-11(14)18)16-20-12-7-4-8-13(12)21-16/h3,5-6,15,19H,2,4,7-9H2,1H3. The molecule has 112 valence electrons. The van der Waals surface area contributed by atoms with Crippen LogP contribution in [0, 0.1) is 5.82 Å². The highest BCUT2D eigenvalue weighted by molar-refractivity contribution is 7.11. The minimum absolute atomic E-state index is 0.255. The molecule has 0 aliphatic heterocycles. The first kappa shape index (κ1) is 14.9. The third kappa shape index (κ3) is 2.98. The second-order valence-electron chi connectivity index (χ2n) is 5.30. The lowest BCUT2D eigenvalue weighted by atomic mass is 10.1. The SMILES string of the molecule is CCCNC(c1nc2c(s1)CCC2)c1c(F)cccc1Cl. The van der Waals surface area contributed by atoms with Crippen LogP contribution in [-0.4, -0.2) is 11.5 Å². The summed E-state index contributed by atoms with van der Waals surface area (Å²) in [5.74, 6) is -0.272. The molecule has 1 aliphatic rings. The Morgan fingerprint density at radius 3 is 3.00 bits per heavy atom. The summed E-state index contributed by atoms with van der Waals surface area (Å²) in [6.45, 7) is 2.90. The summed E-state index contributed by atoms with van der Waals surface area (Å²) in [4.78, 5) is 6.08. The molecule has 1 N–H and O–H groups in total. The van der Waals surface area contributed by atoms with Crippen LogP contribution in [0.15, 0.2) is 18.2 Å². The van der Waals surface area contributed by atoms with Crippen molar-refractivity contribution < 1.29 is 4.39 Å². The predicted molar refractivity (Wildman–Crippen MR) is 85.7 cm³/mol. The van der Waals surface area contributed by atoms with Gasteiger partial charge in [-0.05, 0) is 44.4 Å². The van der Waals surface area contributed by atoms with E-state index in [1.807, 2.05) is 0 Å². The zero-order valence-corrected chi connectivity index (χ0v) is 13.5. The number of benzene rings is 1. The summed E-state index contributed by atoms with van der Waals surface area (Å²) >= 11 is 7.94. The van der Waals surface area contributed by atoms with Gasteiger partial charge in [-0.25, -0.2) is 9.37 Å². The molecule has 0 fully saturated rings. The number of halogens is 2. The number of rotatable bonds is 5. The van der Waals surface area contributed by atoms with Gasteiger partial charge in [0, 0.05) is 15.5 Å². The summed E-state index contributed by atoms with van der Waals surface area (Å²) in [6, 6.07) is 4.58. The number of nitrogens with zero attached hydrogens (tertiary/aromatic N) is 1. The van der Waals surface area contributed by atoms with Gasteiger partial charge in [-0.3, -0.25) is 0 Å². The highest BCUT2D eigenvalue weighted by Crippen LogP contribution is 2.36. The number of hydrogen-bond donors (Lipinski definition) is 1. The first-order valence-corrected chi connectivity index (χ1v) is 8.56. The van der Waals surface area contributed by atoms with E-state index >= 15 is 0 Å². The van der Waals surface area contributed by atoms with Gasteiger partial charge in [0.2, 0.25) is 0 Å². The summed E-state index contributed by atoms with van der Waals surface area (Å²) < 4.78 is 14.3. The summed E-state index contributed by atoms with van der Waals surface area (Å²) in [6.07, 6.45) is 4.30. The van der Waals surface area contributed by atoms with Gasteiger partial charge in [0.25, 0.3) is 0 Å². The van der Waals surface area contributed by atoms with E-state index in [2.05, 4.69) is 12.2 Å². The Morgan fingerprint density at radius 1 is 1.43 bits per heavy atom. The van der Waals surface area contributed by atoms with Crippen LogP contribution in [0.1, 0.15) is 46.9 Å². The van der Waals surface area contributed by atoms with E-state index in [1.165, 1.54) is 23.1 Å². The number of aromatic nitrogens is 1. The molecule has 0 bridgehead atoms. The molecule has 3 rings (SSSR count). The first-order chi connectivity index (χ1) is 10.2. The molecular weight excluding hydrogens is 307 g/mol. The second kappa shape index (κ2) is 6.42. The third-order valence-corrected chi connectivity index (χ3v) is 5.30. The fraction of sp³-hybridized carbons (Fsp3) is 0.438. The zero-order chi connectivity index (χ0) is 14.8. The van der Waals surface area contributed by atoms with Gasteiger partial charge in [0.05, 0.1) is 11.7 Å². The van der Waals surface area contributed by atoms with Crippen LogP contribution in [0.5, 0.6) is 0 Å². The molecule has 21 heavy (non-hydrogen) atoms. The highest BCUT2D eigenvalue weighted by Gasteiger charge is 2.26. The topological polar surface area (TPSA) is 24.9 Å². The van der Waals surface area contributed by atoms with Gasteiger partial charge in [0.1, 0.15) is 10.8 Å². The van der Waals surface area contributed by atoms with Crippen molar-refractivity contribution in [3.63, 3.8) is 0 Å². The maximum atomic E-state index is 14.3. The van der Waals surface area contributed by atoms with Crippen LogP contribution in [0.4, 0.5) is 4.39 Å². The zero-order valence-electron chi connectivity index (χ0n) is 12.0. The quantitative estimate of drug-likeness (QED) is 0.875. The number of thiazole rings is 1. The summed E-state index contributed by atoms with van der Waals surface area (Å²) in [5.41, 5.74) is 1.70. The molecule has 0 saturated carbocycles. The molecule has 2 aromatic rings. The number of aryl methyl sites for hydroxylation is 2. The second-order valence-corrected chi connectivity index (χ2v) is 6.82. The lowest BCUT2D eigenvalue weighted by molar-refractivity contribution is 0.544. The maximum absolute atomic E-state index is 14.3. The smallest absolute Gasteiger partial charge is 0.129 e. The van der Waals surface area contributed by atoms with Crippen molar-refractivity contribution in [3.05, 3.63) is 50.2 Å². The molecule has 5 heteroatoms. The third-order valence-electron chi connectivity index (χ3n) is 3.75. The van der Waals surface area contributed by atoms with Crippen LogP contribution < -0.4 is 5.32 Å². The molecule has 1 atom stereocenters. The fourth-order valence-corrected chi connectivity index (χ4v) is 4.23. The lowest BCUT2D eigenvalue weighted by Gasteiger charge is -2.18. The van der Waals surface area contributed by atoms with Crippen molar-refractivity contribution >= 4 is 22.9 Å². The fourth-order valence-electron chi connectivity index (χ4n) is 2.72. The molecule has 0 amide bonds. The van der Waals surface area contributed by atoms with Crippen LogP contribution in [0.25, 0.3) is 0 Å². The van der Waals surface area contributed by atoms with Gasteiger partial charge in [-0.1, -0.05) is 24.6 Å². The van der Waals surface area contributed by atoms with E-state index in [0.717, 1.165) is 30.8 Å². The van der Waals surface area contributed by atoms with E-state index in [0.29, 0.717) is 10.6 Å². The van der Waals surface area contributed by atoms with E-state index in [1.54, 1.807) is 23.5 Å². The summed E-state index contributed by atoms with van der Waals surface area (Å²) in [7, 11) is 0. The number of fused-ring (bicyclic) bond motifs is 1. The molecular formula is C16H18ClFN2S. The Kier molecular flexibility index (Phi) is 4.57. The molecule has 2 nitrogen and oxygen atoms in total.